The van der Waals surface area contributed by atoms with Gasteiger partial charge >= 0.3 is 5.97 Å². The van der Waals surface area contributed by atoms with E-state index in [4.69, 9.17) is 16.3 Å². The summed E-state index contributed by atoms with van der Waals surface area (Å²) in [7, 11) is 0. The number of hydrogen-bond donors (Lipinski definition) is 1. The van der Waals surface area contributed by atoms with Crippen LogP contribution in [-0.4, -0.2) is 18.0 Å². The molecule has 0 unspecified atom stereocenters. The van der Waals surface area contributed by atoms with E-state index in [0.29, 0.717) is 24.7 Å². The van der Waals surface area contributed by atoms with E-state index in [0.717, 1.165) is 22.7 Å². The van der Waals surface area contributed by atoms with Crippen molar-refractivity contribution in [3.05, 3.63) is 37.4 Å². The molecule has 0 bridgehead atoms. The number of nitriles is 1. The molecule has 0 aliphatic carbocycles. The van der Waals surface area contributed by atoms with E-state index in [2.05, 4.69) is 5.32 Å². The first kappa shape index (κ1) is 17.5. The molecule has 2 aromatic heterocycles. The zero-order valence-corrected chi connectivity index (χ0v) is 15.0. The highest BCUT2D eigenvalue weighted by Crippen LogP contribution is 2.34. The van der Waals surface area contributed by atoms with E-state index in [1.807, 2.05) is 6.07 Å². The van der Waals surface area contributed by atoms with Gasteiger partial charge in [-0.3, -0.25) is 4.79 Å². The van der Waals surface area contributed by atoms with Crippen LogP contribution in [0.2, 0.25) is 4.34 Å². The van der Waals surface area contributed by atoms with Gasteiger partial charge in [-0.05, 0) is 38.5 Å². The van der Waals surface area contributed by atoms with Gasteiger partial charge in [0, 0.05) is 0 Å². The number of nitrogens with zero attached hydrogens (tertiary/aromatic N) is 1. The normalized spacial score (nSPS) is 10.4. The first-order chi connectivity index (χ1) is 10.8. The zero-order valence-electron chi connectivity index (χ0n) is 12.6. The van der Waals surface area contributed by atoms with Crippen molar-refractivity contribution in [2.45, 2.75) is 26.9 Å². The number of carbonyl (C=O) groups is 2. The van der Waals surface area contributed by atoms with E-state index in [9.17, 15) is 14.9 Å². The number of esters is 1. The van der Waals surface area contributed by atoms with Crippen molar-refractivity contribution in [2.24, 2.45) is 0 Å². The Balaban J connectivity index is 2.30. The Morgan fingerprint density at radius 1 is 1.35 bits per heavy atom. The minimum atomic E-state index is -0.501. The summed E-state index contributed by atoms with van der Waals surface area (Å²) >= 11 is 7.98. The van der Waals surface area contributed by atoms with Crippen LogP contribution in [0.4, 0.5) is 5.00 Å². The third-order valence-corrected chi connectivity index (χ3v) is 5.23. The molecule has 2 aromatic rings. The van der Waals surface area contributed by atoms with Crippen LogP contribution in [0.5, 0.6) is 0 Å². The van der Waals surface area contributed by atoms with Crippen LogP contribution in [-0.2, 0) is 4.74 Å². The summed E-state index contributed by atoms with van der Waals surface area (Å²) in [6.45, 7) is 5.15. The maximum Gasteiger partial charge on any atom is 0.348 e. The lowest BCUT2D eigenvalue weighted by Gasteiger charge is -2.06. The maximum atomic E-state index is 12.2. The minimum absolute atomic E-state index is 0.263. The van der Waals surface area contributed by atoms with Crippen LogP contribution in [0, 0.1) is 18.3 Å². The average Bonchev–Trinajstić information content (AvgIpc) is 3.02. The van der Waals surface area contributed by atoms with Crippen LogP contribution >= 0.6 is 34.3 Å². The highest BCUT2D eigenvalue weighted by atomic mass is 35.5. The summed E-state index contributed by atoms with van der Waals surface area (Å²) in [5.41, 5.74) is 0.768. The molecule has 0 atom stereocenters. The van der Waals surface area contributed by atoms with Crippen LogP contribution in [0.25, 0.3) is 0 Å². The van der Waals surface area contributed by atoms with E-state index in [1.54, 1.807) is 32.9 Å². The summed E-state index contributed by atoms with van der Waals surface area (Å²) in [4.78, 5) is 25.0. The van der Waals surface area contributed by atoms with Crippen molar-refractivity contribution >= 4 is 51.2 Å². The van der Waals surface area contributed by atoms with Gasteiger partial charge in [0.2, 0.25) is 0 Å². The minimum Gasteiger partial charge on any atom is -0.459 e. The Morgan fingerprint density at radius 3 is 2.57 bits per heavy atom. The predicted molar refractivity (Wildman–Crippen MR) is 91.6 cm³/mol. The van der Waals surface area contributed by atoms with Gasteiger partial charge in [0.15, 0.2) is 0 Å². The highest BCUT2D eigenvalue weighted by Gasteiger charge is 2.23. The molecule has 8 heteroatoms. The molecule has 2 heterocycles. The molecule has 0 saturated heterocycles. The number of ether oxygens (including phenoxy) is 1. The predicted octanol–water partition coefficient (Wildman–Crippen LogP) is 4.46. The van der Waals surface area contributed by atoms with Crippen molar-refractivity contribution in [1.29, 1.82) is 5.26 Å². The lowest BCUT2D eigenvalue weighted by atomic mass is 10.2. The summed E-state index contributed by atoms with van der Waals surface area (Å²) < 4.78 is 5.66. The number of anilines is 1. The molecule has 0 aromatic carbocycles. The van der Waals surface area contributed by atoms with Gasteiger partial charge in [-0.1, -0.05) is 11.6 Å². The van der Waals surface area contributed by atoms with E-state index < -0.39 is 5.97 Å². The Hall–Kier alpha value is -1.88. The lowest BCUT2D eigenvalue weighted by molar-refractivity contribution is 0.0383. The molecule has 120 valence electrons. The van der Waals surface area contributed by atoms with E-state index in [1.165, 1.54) is 0 Å². The molecule has 0 fully saturated rings. The number of amides is 1. The summed E-state index contributed by atoms with van der Waals surface area (Å²) in [5, 5.41) is 12.3. The number of rotatable bonds is 4. The molecule has 5 nitrogen and oxygen atoms in total. The van der Waals surface area contributed by atoms with Gasteiger partial charge in [-0.2, -0.15) is 5.26 Å². The third-order valence-electron chi connectivity index (χ3n) is 2.81. The SMILES string of the molecule is Cc1c(C(=O)OC(C)C)sc(NC(=O)c2ccc(Cl)s2)c1C#N. The monoisotopic (exact) mass is 368 g/mol. The molecule has 0 radical (unpaired) electrons. The number of thiophene rings is 2. The number of carbonyl (C=O) groups excluding carboxylic acids is 2. The quantitative estimate of drug-likeness (QED) is 0.808. The summed E-state index contributed by atoms with van der Waals surface area (Å²) in [6, 6.07) is 5.24. The Labute approximate surface area is 146 Å². The average molecular weight is 369 g/mol. The molecule has 0 saturated carbocycles. The summed E-state index contributed by atoms with van der Waals surface area (Å²) in [5.74, 6) is -0.873. The zero-order chi connectivity index (χ0) is 17.1. The van der Waals surface area contributed by atoms with E-state index in [-0.39, 0.29) is 17.6 Å². The second-order valence-corrected chi connectivity index (χ2v) is 7.62. The Bertz CT molecular complexity index is 802. The van der Waals surface area contributed by atoms with E-state index >= 15 is 0 Å². The fourth-order valence-electron chi connectivity index (χ4n) is 1.80. The fourth-order valence-corrected chi connectivity index (χ4v) is 3.77. The van der Waals surface area contributed by atoms with Crippen molar-refractivity contribution < 1.29 is 14.3 Å². The number of hydrogen-bond acceptors (Lipinski definition) is 6. The van der Waals surface area contributed by atoms with Gasteiger partial charge in [0.25, 0.3) is 5.91 Å². The topological polar surface area (TPSA) is 79.2 Å². The van der Waals surface area contributed by atoms with Crippen molar-refractivity contribution in [3.63, 3.8) is 0 Å². The third kappa shape index (κ3) is 3.91. The van der Waals surface area contributed by atoms with Crippen LogP contribution < -0.4 is 5.32 Å². The Kier molecular flexibility index (Phi) is 5.42. The van der Waals surface area contributed by atoms with Gasteiger partial charge < -0.3 is 10.1 Å². The van der Waals surface area contributed by atoms with Gasteiger partial charge in [0.1, 0.15) is 15.9 Å². The molecule has 0 spiro atoms. The van der Waals surface area contributed by atoms with Crippen LogP contribution in [0.15, 0.2) is 12.1 Å². The maximum absolute atomic E-state index is 12.2. The highest BCUT2D eigenvalue weighted by molar-refractivity contribution is 7.19. The molecule has 1 amide bonds. The molecular formula is C15H13ClN2O3S2. The second kappa shape index (κ2) is 7.13. The largest absolute Gasteiger partial charge is 0.459 e. The van der Waals surface area contributed by atoms with Gasteiger partial charge in [-0.25, -0.2) is 4.79 Å². The van der Waals surface area contributed by atoms with Crippen LogP contribution in [0.3, 0.4) is 0 Å². The Morgan fingerprint density at radius 2 is 2.04 bits per heavy atom. The molecule has 2 rings (SSSR count). The molecule has 0 aliphatic heterocycles. The standard InChI is InChI=1S/C15H13ClN2O3S2/c1-7(2)21-15(20)12-8(3)9(6-17)14(23-12)18-13(19)10-4-5-11(16)22-10/h4-5,7H,1-3H3,(H,18,19). The molecular weight excluding hydrogens is 356 g/mol. The van der Waals surface area contributed by atoms with Crippen molar-refractivity contribution in [2.75, 3.05) is 5.32 Å². The summed E-state index contributed by atoms with van der Waals surface area (Å²) in [6.07, 6.45) is -0.263. The van der Waals surface area contributed by atoms with Gasteiger partial charge in [0.05, 0.1) is 20.9 Å². The number of halogens is 1. The molecule has 23 heavy (non-hydrogen) atoms. The lowest BCUT2D eigenvalue weighted by Crippen LogP contribution is -2.11. The fraction of sp³-hybridized carbons (Fsp3) is 0.267. The first-order valence-electron chi connectivity index (χ1n) is 6.64. The van der Waals surface area contributed by atoms with Gasteiger partial charge in [-0.15, -0.1) is 22.7 Å². The van der Waals surface area contributed by atoms with Crippen molar-refractivity contribution in [1.82, 2.24) is 0 Å². The second-order valence-electron chi connectivity index (χ2n) is 4.88. The smallest absolute Gasteiger partial charge is 0.348 e. The van der Waals surface area contributed by atoms with Crippen molar-refractivity contribution in [3.8, 4) is 6.07 Å². The molecule has 1 N–H and O–H groups in total. The first-order valence-corrected chi connectivity index (χ1v) is 8.65. The molecule has 0 aliphatic rings. The van der Waals surface area contributed by atoms with Crippen LogP contribution in [0.1, 0.15) is 44.3 Å². The number of nitrogens with one attached hydrogen (secondary N) is 1.